The van der Waals surface area contributed by atoms with Gasteiger partial charge in [0.05, 0.1) is 24.5 Å². The highest BCUT2D eigenvalue weighted by Gasteiger charge is 2.56. The molecule has 8 nitrogen and oxygen atoms in total. The Labute approximate surface area is 209 Å². The lowest BCUT2D eigenvalue weighted by Crippen LogP contribution is -2.51. The molecule has 2 bridgehead atoms. The van der Waals surface area contributed by atoms with Crippen LogP contribution in [-0.4, -0.2) is 80.3 Å². The van der Waals surface area contributed by atoms with E-state index in [9.17, 15) is 0 Å². The topological polar surface area (TPSA) is 100 Å². The first-order valence-corrected chi connectivity index (χ1v) is 13.2. The van der Waals surface area contributed by atoms with Crippen LogP contribution in [0.5, 0.6) is 0 Å². The number of hydrogen-bond donors (Lipinski definition) is 4. The number of ether oxygens (including phenoxy) is 1. The zero-order valence-corrected chi connectivity index (χ0v) is 21.6. The smallest absolute Gasteiger partial charge is 0.136 e. The van der Waals surface area contributed by atoms with Crippen LogP contribution in [0.3, 0.4) is 0 Å². The maximum absolute atomic E-state index is 8.53. The monoisotopic (exact) mass is 479 g/mol. The Bertz CT molecular complexity index is 1020. The van der Waals surface area contributed by atoms with E-state index in [0.717, 1.165) is 74.1 Å². The summed E-state index contributed by atoms with van der Waals surface area (Å²) in [6, 6.07) is 2.07. The van der Waals surface area contributed by atoms with Gasteiger partial charge in [-0.1, -0.05) is 0 Å². The van der Waals surface area contributed by atoms with E-state index in [-0.39, 0.29) is 0 Å². The average Bonchev–Trinajstić information content (AvgIpc) is 3.45. The Morgan fingerprint density at radius 3 is 2.60 bits per heavy atom. The number of anilines is 2. The highest BCUT2D eigenvalue weighted by Crippen LogP contribution is 2.58. The minimum absolute atomic E-state index is 0.390. The molecule has 2 aliphatic carbocycles. The van der Waals surface area contributed by atoms with Gasteiger partial charge in [-0.15, -0.1) is 0 Å². The standard InChI is InChI=1S/C27H41N7O/c1-19-14-24(21(15-28)25(30-3)32-19)33-9-4-23(22(16-33)20(2)29)31-18-26-5-7-27(17-26,8-6-26)34-10-12-35-13-11-34/h14-15,28-29,31H,4-13,16-18H2,1-3H3,(H,30,32). The zero-order chi connectivity index (χ0) is 24.6. The molecule has 0 spiro atoms. The van der Waals surface area contributed by atoms with Crippen molar-refractivity contribution < 1.29 is 4.74 Å². The van der Waals surface area contributed by atoms with Gasteiger partial charge in [0.25, 0.3) is 0 Å². The third kappa shape index (κ3) is 4.47. The van der Waals surface area contributed by atoms with E-state index in [1.165, 1.54) is 44.0 Å². The normalized spacial score (nSPS) is 28.9. The van der Waals surface area contributed by atoms with Gasteiger partial charge < -0.3 is 31.1 Å². The van der Waals surface area contributed by atoms with Gasteiger partial charge in [-0.25, -0.2) is 4.98 Å². The van der Waals surface area contributed by atoms with E-state index in [1.54, 1.807) is 0 Å². The predicted octanol–water partition coefficient (Wildman–Crippen LogP) is 3.56. The SMILES string of the molecule is CNc1nc(C)cc(N2CCC(NCC34CCC(N5CCOCC5)(CC3)C4)=C(C(C)=N)C2)c1C=N. The van der Waals surface area contributed by atoms with Gasteiger partial charge in [-0.3, -0.25) is 4.90 Å². The number of nitrogens with zero attached hydrogens (tertiary/aromatic N) is 3. The minimum Gasteiger partial charge on any atom is -0.387 e. The fourth-order valence-corrected chi connectivity index (χ4v) is 7.07. The summed E-state index contributed by atoms with van der Waals surface area (Å²) in [5, 5.41) is 23.5. The second-order valence-electron chi connectivity index (χ2n) is 11.0. The van der Waals surface area contributed by atoms with Crippen LogP contribution in [0.4, 0.5) is 11.5 Å². The van der Waals surface area contributed by atoms with Crippen molar-refractivity contribution in [1.82, 2.24) is 15.2 Å². The van der Waals surface area contributed by atoms with Gasteiger partial charge in [-0.05, 0) is 57.4 Å². The van der Waals surface area contributed by atoms with Gasteiger partial charge in [0.1, 0.15) is 5.82 Å². The summed E-state index contributed by atoms with van der Waals surface area (Å²) < 4.78 is 5.62. The van der Waals surface area contributed by atoms with E-state index >= 15 is 0 Å². The quantitative estimate of drug-likeness (QED) is 0.426. The van der Waals surface area contributed by atoms with Crippen LogP contribution in [0.15, 0.2) is 17.3 Å². The Hall–Kier alpha value is -2.45. The van der Waals surface area contributed by atoms with E-state index < -0.39 is 0 Å². The molecule has 2 aliphatic heterocycles. The first kappa shape index (κ1) is 24.3. The third-order valence-electron chi connectivity index (χ3n) is 8.99. The fourth-order valence-electron chi connectivity index (χ4n) is 7.07. The van der Waals surface area contributed by atoms with Crippen LogP contribution in [0.25, 0.3) is 0 Å². The van der Waals surface area contributed by atoms with E-state index in [4.69, 9.17) is 15.6 Å². The molecule has 1 aromatic heterocycles. The van der Waals surface area contributed by atoms with E-state index in [2.05, 4.69) is 31.5 Å². The van der Waals surface area contributed by atoms with Gasteiger partial charge in [0, 0.05) is 80.6 Å². The maximum Gasteiger partial charge on any atom is 0.136 e. The van der Waals surface area contributed by atoms with Crippen molar-refractivity contribution in [2.45, 2.75) is 57.9 Å². The van der Waals surface area contributed by atoms with Crippen molar-refractivity contribution in [3.63, 3.8) is 0 Å². The minimum atomic E-state index is 0.390. The first-order valence-electron chi connectivity index (χ1n) is 13.2. The van der Waals surface area contributed by atoms with E-state index in [0.29, 0.717) is 23.2 Å². The zero-order valence-electron chi connectivity index (χ0n) is 21.6. The molecule has 35 heavy (non-hydrogen) atoms. The molecule has 0 atom stereocenters. The molecule has 0 amide bonds. The number of fused-ring (bicyclic) bond motifs is 2. The van der Waals surface area contributed by atoms with Crippen LogP contribution in [0, 0.1) is 23.2 Å². The molecule has 0 aromatic carbocycles. The molecule has 4 aliphatic rings. The van der Waals surface area contributed by atoms with Crippen LogP contribution in [0.1, 0.15) is 56.7 Å². The highest BCUT2D eigenvalue weighted by atomic mass is 16.5. The van der Waals surface area contributed by atoms with Gasteiger partial charge in [-0.2, -0.15) is 0 Å². The van der Waals surface area contributed by atoms with Gasteiger partial charge in [0.2, 0.25) is 0 Å². The number of morpholine rings is 1. The molecule has 8 heteroatoms. The summed E-state index contributed by atoms with van der Waals surface area (Å²) in [5.41, 5.74) is 6.53. The van der Waals surface area contributed by atoms with Crippen molar-refractivity contribution in [2.24, 2.45) is 5.41 Å². The molecule has 3 fully saturated rings. The summed E-state index contributed by atoms with van der Waals surface area (Å²) in [7, 11) is 1.85. The summed E-state index contributed by atoms with van der Waals surface area (Å²) >= 11 is 0. The molecule has 0 unspecified atom stereocenters. The van der Waals surface area contributed by atoms with Crippen LogP contribution < -0.4 is 15.5 Å². The van der Waals surface area contributed by atoms with Crippen molar-refractivity contribution in [3.8, 4) is 0 Å². The lowest BCUT2D eigenvalue weighted by atomic mass is 9.83. The second kappa shape index (κ2) is 9.54. The van der Waals surface area contributed by atoms with Gasteiger partial charge in [0.15, 0.2) is 0 Å². The molecule has 1 saturated heterocycles. The molecular weight excluding hydrogens is 438 g/mol. The van der Waals surface area contributed by atoms with Crippen molar-refractivity contribution in [2.75, 3.05) is 63.2 Å². The number of pyridine rings is 1. The lowest BCUT2D eigenvalue weighted by Gasteiger charge is -2.42. The molecular formula is C27H41N7O. The molecule has 5 rings (SSSR count). The van der Waals surface area contributed by atoms with Crippen LogP contribution in [0.2, 0.25) is 0 Å². The highest BCUT2D eigenvalue weighted by molar-refractivity contribution is 5.98. The van der Waals surface area contributed by atoms with Crippen molar-refractivity contribution >= 4 is 23.4 Å². The Balaban J connectivity index is 1.31. The molecule has 0 radical (unpaired) electrons. The molecule has 190 valence electrons. The van der Waals surface area contributed by atoms with Crippen molar-refractivity contribution in [3.05, 3.63) is 28.6 Å². The summed E-state index contributed by atoms with van der Waals surface area (Å²) in [6.07, 6.45) is 8.84. The molecule has 1 aromatic rings. The largest absolute Gasteiger partial charge is 0.387 e. The van der Waals surface area contributed by atoms with Crippen LogP contribution in [-0.2, 0) is 4.74 Å². The number of aromatic nitrogens is 1. The summed E-state index contributed by atoms with van der Waals surface area (Å²) in [5.74, 6) is 0.737. The predicted molar refractivity (Wildman–Crippen MR) is 142 cm³/mol. The summed E-state index contributed by atoms with van der Waals surface area (Å²) in [4.78, 5) is 9.59. The Morgan fingerprint density at radius 2 is 1.94 bits per heavy atom. The van der Waals surface area contributed by atoms with Crippen LogP contribution >= 0.6 is 0 Å². The number of hydrogen-bond acceptors (Lipinski definition) is 8. The summed E-state index contributed by atoms with van der Waals surface area (Å²) in [6.45, 7) is 10.4. The molecule has 3 heterocycles. The third-order valence-corrected chi connectivity index (χ3v) is 8.99. The maximum atomic E-state index is 8.53. The van der Waals surface area contributed by atoms with Crippen molar-refractivity contribution in [1.29, 1.82) is 10.8 Å². The average molecular weight is 480 g/mol. The second-order valence-corrected chi connectivity index (χ2v) is 11.0. The van der Waals surface area contributed by atoms with Gasteiger partial charge >= 0.3 is 0 Å². The Kier molecular flexibility index (Phi) is 6.61. The Morgan fingerprint density at radius 1 is 1.20 bits per heavy atom. The lowest BCUT2D eigenvalue weighted by molar-refractivity contribution is -0.0192. The molecule has 2 saturated carbocycles. The number of aryl methyl sites for hydroxylation is 1. The number of nitrogens with one attached hydrogen (secondary N) is 4. The fraction of sp³-hybridized carbons (Fsp3) is 0.667. The number of rotatable bonds is 8. The van der Waals surface area contributed by atoms with E-state index in [1.807, 2.05) is 20.9 Å². The molecule has 4 N–H and O–H groups in total. The first-order chi connectivity index (χ1) is 16.9.